The zero-order valence-electron chi connectivity index (χ0n) is 12.2. The van der Waals surface area contributed by atoms with Crippen molar-refractivity contribution in [2.45, 2.75) is 49.2 Å². The summed E-state index contributed by atoms with van der Waals surface area (Å²) in [7, 11) is 0. The predicted octanol–water partition coefficient (Wildman–Crippen LogP) is -4.30. The van der Waals surface area contributed by atoms with Crippen LogP contribution in [0.25, 0.3) is 0 Å². The minimum atomic E-state index is -2.56. The summed E-state index contributed by atoms with van der Waals surface area (Å²) >= 11 is 0. The van der Waals surface area contributed by atoms with Crippen LogP contribution in [0.5, 0.6) is 0 Å². The van der Waals surface area contributed by atoms with E-state index >= 15 is 0 Å². The number of carbonyl (C=O) groups excluding carboxylic acids is 1. The lowest BCUT2D eigenvalue weighted by Crippen LogP contribution is -2.61. The SMILES string of the molecule is O=COC1O[C@@H](OC(C(O)C(=O)O)C(O)C(=O)O)C(O)[C@@H](O)[C@@H]1OO. The Kier molecular flexibility index (Phi) is 7.59. The first-order valence-corrected chi connectivity index (χ1v) is 6.53. The fraction of sp³-hybridized carbons (Fsp3) is 0.727. The average Bonchev–Trinajstić information content (AvgIpc) is 2.55. The number of aliphatic carboxylic acids is 2. The molecular formula is C11H16O14. The van der Waals surface area contributed by atoms with E-state index in [0.29, 0.717) is 0 Å². The van der Waals surface area contributed by atoms with Gasteiger partial charge in [0.2, 0.25) is 6.29 Å². The van der Waals surface area contributed by atoms with Crippen LogP contribution < -0.4 is 0 Å². The van der Waals surface area contributed by atoms with Crippen LogP contribution in [0.4, 0.5) is 0 Å². The zero-order chi connectivity index (χ0) is 19.3. The Morgan fingerprint density at radius 1 is 1.00 bits per heavy atom. The summed E-state index contributed by atoms with van der Waals surface area (Å²) < 4.78 is 13.9. The molecule has 7 atom stereocenters. The number of rotatable bonds is 9. The van der Waals surface area contributed by atoms with Gasteiger partial charge in [-0.2, -0.15) is 0 Å². The van der Waals surface area contributed by atoms with E-state index in [1.165, 1.54) is 0 Å². The van der Waals surface area contributed by atoms with Crippen molar-refractivity contribution in [1.82, 2.24) is 0 Å². The molecular weight excluding hydrogens is 356 g/mol. The number of aliphatic hydroxyl groups is 4. The summed E-state index contributed by atoms with van der Waals surface area (Å²) in [5.41, 5.74) is 0. The fourth-order valence-corrected chi connectivity index (χ4v) is 1.95. The van der Waals surface area contributed by atoms with Gasteiger partial charge in [-0.3, -0.25) is 10.1 Å². The number of carboxylic acids is 2. The van der Waals surface area contributed by atoms with E-state index in [1.807, 2.05) is 0 Å². The van der Waals surface area contributed by atoms with Gasteiger partial charge in [-0.05, 0) is 0 Å². The first-order chi connectivity index (χ1) is 11.6. The van der Waals surface area contributed by atoms with Crippen LogP contribution in [0.3, 0.4) is 0 Å². The molecule has 1 rings (SSSR count). The van der Waals surface area contributed by atoms with Crippen LogP contribution in [0.15, 0.2) is 0 Å². The van der Waals surface area contributed by atoms with Crippen molar-refractivity contribution >= 4 is 18.4 Å². The Morgan fingerprint density at radius 3 is 1.92 bits per heavy atom. The van der Waals surface area contributed by atoms with E-state index in [-0.39, 0.29) is 6.47 Å². The van der Waals surface area contributed by atoms with Gasteiger partial charge in [0.25, 0.3) is 6.47 Å². The third-order valence-corrected chi connectivity index (χ3v) is 3.23. The Balaban J connectivity index is 3.03. The molecule has 1 saturated heterocycles. The van der Waals surface area contributed by atoms with E-state index in [2.05, 4.69) is 9.62 Å². The largest absolute Gasteiger partial charge is 0.479 e. The maximum absolute atomic E-state index is 10.8. The molecule has 0 spiro atoms. The van der Waals surface area contributed by atoms with E-state index in [1.54, 1.807) is 0 Å². The van der Waals surface area contributed by atoms with Gasteiger partial charge in [-0.25, -0.2) is 14.5 Å². The van der Waals surface area contributed by atoms with Crippen LogP contribution in [-0.4, -0.2) is 104 Å². The summed E-state index contributed by atoms with van der Waals surface area (Å²) in [6, 6.07) is 0. The molecule has 0 bridgehead atoms. The molecule has 1 heterocycles. The van der Waals surface area contributed by atoms with Crippen LogP contribution in [-0.2, 0) is 33.5 Å². The van der Waals surface area contributed by atoms with Crippen molar-refractivity contribution in [3.05, 3.63) is 0 Å². The molecule has 7 N–H and O–H groups in total. The summed E-state index contributed by atoms with van der Waals surface area (Å²) in [5, 5.41) is 64.6. The Morgan fingerprint density at radius 2 is 1.52 bits per heavy atom. The summed E-state index contributed by atoms with van der Waals surface area (Å²) in [5.74, 6) is -3.93. The Bertz CT molecular complexity index is 461. The first kappa shape index (κ1) is 21.1. The van der Waals surface area contributed by atoms with Gasteiger partial charge in [0.05, 0.1) is 0 Å². The quantitative estimate of drug-likeness (QED) is 0.115. The van der Waals surface area contributed by atoms with Gasteiger partial charge in [-0.1, -0.05) is 0 Å². The molecule has 25 heavy (non-hydrogen) atoms. The molecule has 0 amide bonds. The van der Waals surface area contributed by atoms with Gasteiger partial charge in [0.1, 0.15) is 18.3 Å². The Labute approximate surface area is 138 Å². The molecule has 14 nitrogen and oxygen atoms in total. The molecule has 1 fully saturated rings. The molecule has 1 aliphatic heterocycles. The second-order valence-corrected chi connectivity index (χ2v) is 4.82. The lowest BCUT2D eigenvalue weighted by molar-refractivity contribution is -0.408. The minimum Gasteiger partial charge on any atom is -0.479 e. The molecule has 0 saturated carbocycles. The smallest absolute Gasteiger partial charge is 0.335 e. The highest BCUT2D eigenvalue weighted by atomic mass is 17.1. The zero-order valence-corrected chi connectivity index (χ0v) is 12.2. The van der Waals surface area contributed by atoms with E-state index in [4.69, 9.17) is 24.9 Å². The number of ether oxygens (including phenoxy) is 3. The van der Waals surface area contributed by atoms with E-state index < -0.39 is 61.1 Å². The van der Waals surface area contributed by atoms with Gasteiger partial charge in [0, 0.05) is 0 Å². The molecule has 0 aromatic rings. The highest BCUT2D eigenvalue weighted by molar-refractivity contribution is 5.77. The molecule has 0 aliphatic carbocycles. The molecule has 0 aromatic heterocycles. The van der Waals surface area contributed by atoms with Crippen LogP contribution in [0, 0.1) is 0 Å². The van der Waals surface area contributed by atoms with Gasteiger partial charge in [-0.15, -0.1) is 0 Å². The number of carbonyl (C=O) groups is 3. The number of hydrogen-bond acceptors (Lipinski definition) is 12. The number of carboxylic acid groups (broad SMARTS) is 2. The Hall–Kier alpha value is -1.91. The van der Waals surface area contributed by atoms with Crippen molar-refractivity contribution in [2.24, 2.45) is 0 Å². The fourth-order valence-electron chi connectivity index (χ4n) is 1.95. The van der Waals surface area contributed by atoms with Crippen molar-refractivity contribution in [1.29, 1.82) is 0 Å². The predicted molar refractivity (Wildman–Crippen MR) is 67.5 cm³/mol. The van der Waals surface area contributed by atoms with E-state index in [9.17, 15) is 34.8 Å². The molecule has 1 aliphatic rings. The standard InChI is InChI=1S/C11H16O14/c12-1-22-11-7(25-21)2(13)3(14)10(24-11)23-6(4(15)8(17)18)5(16)9(19)20/h1-7,10-11,13-16,21H,(H,17,18)(H,19,20)/t2-,3?,4?,5?,6?,7+,10-,11?/m1/s1. The molecule has 0 aromatic carbocycles. The van der Waals surface area contributed by atoms with Gasteiger partial charge in [0.15, 0.2) is 24.6 Å². The average molecular weight is 372 g/mol. The van der Waals surface area contributed by atoms with Crippen molar-refractivity contribution < 1.29 is 69.4 Å². The summed E-state index contributed by atoms with van der Waals surface area (Å²) in [6.45, 7) is -0.173. The van der Waals surface area contributed by atoms with Crippen LogP contribution in [0.2, 0.25) is 0 Å². The first-order valence-electron chi connectivity index (χ1n) is 6.53. The van der Waals surface area contributed by atoms with Crippen LogP contribution in [0.1, 0.15) is 0 Å². The monoisotopic (exact) mass is 372 g/mol. The normalized spacial score (nSPS) is 33.1. The minimum absolute atomic E-state index is 0.173. The second kappa shape index (κ2) is 8.97. The topological polar surface area (TPSA) is 230 Å². The lowest BCUT2D eigenvalue weighted by atomic mass is 10.0. The highest BCUT2D eigenvalue weighted by Gasteiger charge is 2.50. The van der Waals surface area contributed by atoms with Crippen molar-refractivity contribution in [3.8, 4) is 0 Å². The third kappa shape index (κ3) is 4.80. The van der Waals surface area contributed by atoms with Crippen molar-refractivity contribution in [2.75, 3.05) is 0 Å². The molecule has 144 valence electrons. The maximum Gasteiger partial charge on any atom is 0.335 e. The molecule has 0 radical (unpaired) electrons. The third-order valence-electron chi connectivity index (χ3n) is 3.23. The van der Waals surface area contributed by atoms with Gasteiger partial charge >= 0.3 is 11.9 Å². The highest BCUT2D eigenvalue weighted by Crippen LogP contribution is 2.26. The molecule has 14 heteroatoms. The van der Waals surface area contributed by atoms with Crippen LogP contribution >= 0.6 is 0 Å². The van der Waals surface area contributed by atoms with E-state index in [0.717, 1.165) is 0 Å². The second-order valence-electron chi connectivity index (χ2n) is 4.82. The maximum atomic E-state index is 10.8. The van der Waals surface area contributed by atoms with Crippen molar-refractivity contribution in [3.63, 3.8) is 0 Å². The van der Waals surface area contributed by atoms with Gasteiger partial charge < -0.3 is 44.8 Å². The molecule has 4 unspecified atom stereocenters. The number of aliphatic hydroxyl groups excluding tert-OH is 4. The lowest BCUT2D eigenvalue weighted by Gasteiger charge is -2.41. The summed E-state index contributed by atoms with van der Waals surface area (Å²) in [4.78, 5) is 35.8. The number of hydrogen-bond donors (Lipinski definition) is 7. The summed E-state index contributed by atoms with van der Waals surface area (Å²) in [6.07, 6.45) is -17.2.